The minimum absolute atomic E-state index is 0.0271. The first kappa shape index (κ1) is 20.2. The highest BCUT2D eigenvalue weighted by Gasteiger charge is 2.36. The molecule has 0 unspecified atom stereocenters. The Kier molecular flexibility index (Phi) is 5.28. The third-order valence-electron chi connectivity index (χ3n) is 5.61. The van der Waals surface area contributed by atoms with E-state index in [0.717, 1.165) is 0 Å². The zero-order valence-corrected chi connectivity index (χ0v) is 19.4. The number of piperazine rings is 1. The molecule has 0 bridgehead atoms. The summed E-state index contributed by atoms with van der Waals surface area (Å²) in [5.74, 6) is -0.290. The van der Waals surface area contributed by atoms with Gasteiger partial charge in [0, 0.05) is 40.9 Å². The second-order valence-electron chi connectivity index (χ2n) is 9.32. The number of hydrogen-bond acceptors (Lipinski definition) is 7. The highest BCUT2D eigenvalue weighted by atomic mass is 19.1. The lowest BCUT2D eigenvalue weighted by Gasteiger charge is -2.44. The number of carbonyl (C=O) groups excluding carboxylic acids is 1. The van der Waals surface area contributed by atoms with Gasteiger partial charge in [-0.25, -0.2) is 19.2 Å². The van der Waals surface area contributed by atoms with E-state index in [4.69, 9.17) is 8.85 Å². The van der Waals surface area contributed by atoms with Gasteiger partial charge in [0.25, 0.3) is 0 Å². The Bertz CT molecular complexity index is 1310. The number of para-hydroxylation sites is 1. The number of carbonyl (C=O) groups is 1. The molecule has 1 aromatic carbocycles. The highest BCUT2D eigenvalue weighted by Crippen LogP contribution is 2.31. The lowest BCUT2D eigenvalue weighted by Crippen LogP contribution is -2.59. The highest BCUT2D eigenvalue weighted by molar-refractivity contribution is 6.61. The molecule has 0 aliphatic carbocycles. The average Bonchev–Trinajstić information content (AvgIpc) is 3.17. The van der Waals surface area contributed by atoms with Crippen LogP contribution >= 0.6 is 0 Å². The smallest absolute Gasteiger partial charge is 0.444 e. The first-order chi connectivity index (χ1) is 17.2. The summed E-state index contributed by atoms with van der Waals surface area (Å²) in [7, 11) is -1.89. The van der Waals surface area contributed by atoms with Crippen molar-refractivity contribution in [3.63, 3.8) is 0 Å². The number of ether oxygens (including phenoxy) is 1. The van der Waals surface area contributed by atoms with E-state index < -0.39 is 43.6 Å². The van der Waals surface area contributed by atoms with Gasteiger partial charge < -0.3 is 29.2 Å². The molecule has 3 heterocycles. The van der Waals surface area contributed by atoms with Gasteiger partial charge in [0.15, 0.2) is 5.82 Å². The normalized spacial score (nSPS) is 20.6. The summed E-state index contributed by atoms with van der Waals surface area (Å²) in [6.07, 6.45) is 1.87. The van der Waals surface area contributed by atoms with E-state index in [1.54, 1.807) is 38.7 Å². The average molecular weight is 472 g/mol. The lowest BCUT2D eigenvalue weighted by atomic mass is 9.82. The van der Waals surface area contributed by atoms with Crippen LogP contribution in [0.2, 0.25) is 0 Å². The summed E-state index contributed by atoms with van der Waals surface area (Å²) in [6, 6.07) is 4.32. The van der Waals surface area contributed by atoms with Crippen LogP contribution in [0, 0.1) is 5.82 Å². The molecule has 4 rings (SSSR count). The van der Waals surface area contributed by atoms with E-state index in [1.165, 1.54) is 40.2 Å². The maximum absolute atomic E-state index is 14.8. The number of rotatable bonds is 3. The molecular weight excluding hydrogens is 440 g/mol. The maximum Gasteiger partial charge on any atom is 0.492 e. The summed E-state index contributed by atoms with van der Waals surface area (Å²) in [4.78, 5) is 24.5. The number of benzene rings is 1. The maximum atomic E-state index is 14.8. The quantitative estimate of drug-likeness (QED) is 0.563. The molecule has 1 amide bonds. The lowest BCUT2D eigenvalue weighted by molar-refractivity contribution is 0.0130. The first-order valence-corrected chi connectivity index (χ1v) is 10.9. The van der Waals surface area contributed by atoms with Crippen molar-refractivity contribution in [1.29, 1.82) is 0 Å². The summed E-state index contributed by atoms with van der Waals surface area (Å²) in [5, 5.41) is 20.0. The fourth-order valence-corrected chi connectivity index (χ4v) is 4.10. The Balaban J connectivity index is 1.85. The summed E-state index contributed by atoms with van der Waals surface area (Å²) < 4.78 is 46.1. The van der Waals surface area contributed by atoms with Crippen LogP contribution in [-0.2, 0) is 4.74 Å². The molecule has 1 saturated heterocycles. The molecule has 9 nitrogen and oxygen atoms in total. The largest absolute Gasteiger partial charge is 0.492 e. The Hall–Kier alpha value is -3.18. The number of aromatic nitrogens is 3. The van der Waals surface area contributed by atoms with Gasteiger partial charge in [-0.15, -0.1) is 0 Å². The van der Waals surface area contributed by atoms with Gasteiger partial charge in [-0.1, -0.05) is 12.1 Å². The van der Waals surface area contributed by atoms with E-state index in [-0.39, 0.29) is 41.1 Å². The van der Waals surface area contributed by atoms with Crippen molar-refractivity contribution in [1.82, 2.24) is 19.4 Å². The second kappa shape index (κ2) is 8.88. The van der Waals surface area contributed by atoms with Crippen molar-refractivity contribution in [3.8, 4) is 5.69 Å². The monoisotopic (exact) mass is 472 g/mol. The molecule has 3 aromatic rings. The van der Waals surface area contributed by atoms with Crippen LogP contribution in [0.4, 0.5) is 15.0 Å². The summed E-state index contributed by atoms with van der Waals surface area (Å²) >= 11 is 0. The minimum Gasteiger partial charge on any atom is -0.444 e. The van der Waals surface area contributed by atoms with Gasteiger partial charge in [-0.05, 0) is 46.7 Å². The Morgan fingerprint density at radius 1 is 1.24 bits per heavy atom. The number of hydrogen-bond donors (Lipinski definition) is 2. The molecule has 11 heteroatoms. The van der Waals surface area contributed by atoms with Crippen LogP contribution in [0.1, 0.15) is 38.7 Å². The number of fused-ring (bicyclic) bond motifs is 1. The molecule has 0 saturated carbocycles. The predicted octanol–water partition coefficient (Wildman–Crippen LogP) is 2.07. The Morgan fingerprint density at radius 3 is 2.62 bits per heavy atom. The molecule has 1 aliphatic rings. The van der Waals surface area contributed by atoms with Crippen LogP contribution in [0.15, 0.2) is 36.8 Å². The zero-order chi connectivity index (χ0) is 27.3. The zero-order valence-electron chi connectivity index (χ0n) is 22.4. The van der Waals surface area contributed by atoms with Crippen molar-refractivity contribution in [2.45, 2.75) is 52.2 Å². The minimum atomic E-state index is -2.54. The topological polar surface area (TPSA) is 104 Å². The molecule has 2 aromatic heterocycles. The Morgan fingerprint density at radius 2 is 1.97 bits per heavy atom. The van der Waals surface area contributed by atoms with Gasteiger partial charge in [-0.2, -0.15) is 0 Å². The number of amides is 1. The summed E-state index contributed by atoms with van der Waals surface area (Å²) in [6.45, 7) is 4.28. The molecule has 34 heavy (non-hydrogen) atoms. The molecule has 1 aliphatic heterocycles. The first-order valence-electron chi connectivity index (χ1n) is 12.4. The SMILES string of the molecule is [2H]C([2H])([2H])[C@@H]1CN(c2ncnc3c(B(O)O)cn(-c4ccccc4F)c23)[C@@H](C)CN1C(=O)OC(C)(C)C. The van der Waals surface area contributed by atoms with Crippen molar-refractivity contribution < 1.29 is 28.1 Å². The van der Waals surface area contributed by atoms with Crippen LogP contribution in [0.5, 0.6) is 0 Å². The van der Waals surface area contributed by atoms with Crippen molar-refractivity contribution in [2.75, 3.05) is 18.0 Å². The van der Waals surface area contributed by atoms with Gasteiger partial charge in [0.2, 0.25) is 0 Å². The van der Waals surface area contributed by atoms with Crippen LogP contribution in [0.3, 0.4) is 0 Å². The number of nitrogens with zero attached hydrogens (tertiary/aromatic N) is 5. The van der Waals surface area contributed by atoms with Gasteiger partial charge in [-0.3, -0.25) is 0 Å². The van der Waals surface area contributed by atoms with E-state index >= 15 is 0 Å². The third-order valence-corrected chi connectivity index (χ3v) is 5.61. The van der Waals surface area contributed by atoms with Gasteiger partial charge in [0.05, 0.1) is 11.2 Å². The van der Waals surface area contributed by atoms with Crippen molar-refractivity contribution in [3.05, 3.63) is 42.6 Å². The molecule has 0 spiro atoms. The van der Waals surface area contributed by atoms with E-state index in [2.05, 4.69) is 9.97 Å². The van der Waals surface area contributed by atoms with Gasteiger partial charge in [0.1, 0.15) is 23.3 Å². The molecule has 1 fully saturated rings. The molecule has 180 valence electrons. The number of halogens is 1. The fourth-order valence-electron chi connectivity index (χ4n) is 4.10. The van der Waals surface area contributed by atoms with Crippen molar-refractivity contribution >= 4 is 35.5 Å². The number of anilines is 1. The van der Waals surface area contributed by atoms with Crippen LogP contribution < -0.4 is 10.4 Å². The molecule has 2 atom stereocenters. The Labute approximate surface area is 202 Å². The van der Waals surface area contributed by atoms with Crippen molar-refractivity contribution in [2.24, 2.45) is 0 Å². The fraction of sp³-hybridized carbons (Fsp3) is 0.435. The van der Waals surface area contributed by atoms with Gasteiger partial charge >= 0.3 is 13.2 Å². The second-order valence-corrected chi connectivity index (χ2v) is 9.32. The standard InChI is InChI=1S/C23H29BFN5O4/c1-14-11-29(22(31)34-23(3,4)5)15(2)10-28(14)21-20-19(26-13-27-21)16(24(32)33)12-30(20)18-9-7-6-8-17(18)25/h6-9,12-15,32-33H,10-11H2,1-5H3/t14-,15+/m0/s1/i2D3. The summed E-state index contributed by atoms with van der Waals surface area (Å²) in [5.41, 5.74) is -0.192. The van der Waals surface area contributed by atoms with E-state index in [1.807, 2.05) is 0 Å². The third kappa shape index (κ3) is 4.45. The van der Waals surface area contributed by atoms with E-state index in [0.29, 0.717) is 0 Å². The molecular formula is C23H29BFN5O4. The molecule has 0 radical (unpaired) electrons. The van der Waals surface area contributed by atoms with Crippen LogP contribution in [0.25, 0.3) is 16.7 Å². The molecule has 2 N–H and O–H groups in total. The van der Waals surface area contributed by atoms with Crippen LogP contribution in [-0.4, -0.2) is 73.5 Å². The van der Waals surface area contributed by atoms with E-state index in [9.17, 15) is 19.2 Å². The predicted molar refractivity (Wildman–Crippen MR) is 128 cm³/mol.